The predicted molar refractivity (Wildman–Crippen MR) is 137 cm³/mol. The van der Waals surface area contributed by atoms with E-state index in [1.54, 1.807) is 66.7 Å². The van der Waals surface area contributed by atoms with Gasteiger partial charge in [-0.3, -0.25) is 9.78 Å². The second-order valence-electron chi connectivity index (χ2n) is 7.98. The number of anilines is 1. The summed E-state index contributed by atoms with van der Waals surface area (Å²) in [6, 6.07) is 23.9. The van der Waals surface area contributed by atoms with Gasteiger partial charge in [0, 0.05) is 23.8 Å². The van der Waals surface area contributed by atoms with Gasteiger partial charge in [-0.15, -0.1) is 0 Å². The Morgan fingerprint density at radius 3 is 2.37 bits per heavy atom. The zero-order valence-electron chi connectivity index (χ0n) is 19.6. The van der Waals surface area contributed by atoms with E-state index in [0.29, 0.717) is 28.9 Å². The van der Waals surface area contributed by atoms with Crippen LogP contribution in [0.3, 0.4) is 0 Å². The smallest absolute Gasteiger partial charge is 0.245 e. The molecule has 0 aliphatic carbocycles. The summed E-state index contributed by atoms with van der Waals surface area (Å²) < 4.78 is 35.0. The number of rotatable bonds is 9. The Hall–Kier alpha value is -3.75. The quantitative estimate of drug-likeness (QED) is 0.381. The van der Waals surface area contributed by atoms with E-state index >= 15 is 0 Å². The van der Waals surface area contributed by atoms with Crippen molar-refractivity contribution in [1.82, 2.24) is 9.71 Å². The molecular formula is C27H27N3O4S. The molecule has 0 aliphatic heterocycles. The van der Waals surface area contributed by atoms with Gasteiger partial charge in [-0.25, -0.2) is 8.42 Å². The third-order valence-corrected chi connectivity index (χ3v) is 7.23. The van der Waals surface area contributed by atoms with E-state index in [1.165, 1.54) is 6.07 Å². The van der Waals surface area contributed by atoms with Gasteiger partial charge in [0.25, 0.3) is 0 Å². The molecule has 1 amide bonds. The summed E-state index contributed by atoms with van der Waals surface area (Å²) >= 11 is 0. The number of benzene rings is 3. The molecule has 1 aromatic heterocycles. The maximum absolute atomic E-state index is 13.8. The average Bonchev–Trinajstić information content (AvgIpc) is 2.89. The van der Waals surface area contributed by atoms with Gasteiger partial charge < -0.3 is 9.64 Å². The van der Waals surface area contributed by atoms with E-state index in [9.17, 15) is 13.2 Å². The third-order valence-electron chi connectivity index (χ3n) is 5.73. The first-order valence-corrected chi connectivity index (χ1v) is 12.8. The number of nitrogens with zero attached hydrogens (tertiary/aromatic N) is 2. The third kappa shape index (κ3) is 5.50. The Morgan fingerprint density at radius 1 is 0.971 bits per heavy atom. The lowest BCUT2D eigenvalue weighted by Gasteiger charge is -2.27. The van der Waals surface area contributed by atoms with Crippen LogP contribution in [0.5, 0.6) is 5.75 Å². The highest BCUT2D eigenvalue weighted by molar-refractivity contribution is 7.89. The number of carbonyl (C=O) groups is 1. The molecule has 1 N–H and O–H groups in total. The molecule has 0 bridgehead atoms. The number of methoxy groups -OCH3 is 1. The van der Waals surface area contributed by atoms with Crippen LogP contribution in [0, 0.1) is 0 Å². The Kier molecular flexibility index (Phi) is 7.43. The number of ether oxygens (including phenoxy) is 1. The number of aromatic nitrogens is 1. The second-order valence-corrected chi connectivity index (χ2v) is 9.66. The van der Waals surface area contributed by atoms with Gasteiger partial charge in [0.1, 0.15) is 16.7 Å². The second kappa shape index (κ2) is 10.7. The van der Waals surface area contributed by atoms with Gasteiger partial charge >= 0.3 is 0 Å². The molecule has 180 valence electrons. The van der Waals surface area contributed by atoms with E-state index in [2.05, 4.69) is 9.71 Å². The molecule has 0 aliphatic rings. The van der Waals surface area contributed by atoms with Crippen molar-refractivity contribution in [3.8, 4) is 5.75 Å². The summed E-state index contributed by atoms with van der Waals surface area (Å²) in [5.41, 5.74) is 1.86. The van der Waals surface area contributed by atoms with Crippen molar-refractivity contribution < 1.29 is 17.9 Å². The topological polar surface area (TPSA) is 88.6 Å². The average molecular weight is 490 g/mol. The van der Waals surface area contributed by atoms with Gasteiger partial charge in [-0.1, -0.05) is 48.5 Å². The SMILES string of the molecule is CCN(C(=O)C(Cc1ccccc1)NS(=O)(=O)c1cccc2cccnc12)c1ccc(OC)cc1. The van der Waals surface area contributed by atoms with E-state index in [1.807, 2.05) is 37.3 Å². The summed E-state index contributed by atoms with van der Waals surface area (Å²) in [4.78, 5) is 19.6. The van der Waals surface area contributed by atoms with Crippen molar-refractivity contribution in [2.75, 3.05) is 18.6 Å². The monoisotopic (exact) mass is 489 g/mol. The highest BCUT2D eigenvalue weighted by atomic mass is 32.2. The highest BCUT2D eigenvalue weighted by Gasteiger charge is 2.31. The fourth-order valence-electron chi connectivity index (χ4n) is 3.99. The molecule has 3 aromatic carbocycles. The Labute approximate surface area is 205 Å². The number of para-hydroxylation sites is 1. The van der Waals surface area contributed by atoms with Crippen molar-refractivity contribution in [3.63, 3.8) is 0 Å². The summed E-state index contributed by atoms with van der Waals surface area (Å²) in [5, 5.41) is 0.703. The maximum atomic E-state index is 13.8. The van der Waals surface area contributed by atoms with Crippen molar-refractivity contribution in [2.24, 2.45) is 0 Å². The number of nitrogens with one attached hydrogen (secondary N) is 1. The predicted octanol–water partition coefficient (Wildman–Crippen LogP) is 4.19. The van der Waals surface area contributed by atoms with Crippen LogP contribution < -0.4 is 14.4 Å². The van der Waals surface area contributed by atoms with E-state index in [4.69, 9.17) is 4.74 Å². The summed E-state index contributed by atoms with van der Waals surface area (Å²) in [6.45, 7) is 2.22. The number of hydrogen-bond donors (Lipinski definition) is 1. The minimum absolute atomic E-state index is 0.0361. The fraction of sp³-hybridized carbons (Fsp3) is 0.185. The van der Waals surface area contributed by atoms with Crippen LogP contribution in [-0.4, -0.2) is 39.0 Å². The van der Waals surface area contributed by atoms with E-state index < -0.39 is 16.1 Å². The fourth-order valence-corrected chi connectivity index (χ4v) is 5.36. The molecule has 0 saturated heterocycles. The first kappa shape index (κ1) is 24.4. The maximum Gasteiger partial charge on any atom is 0.245 e. The highest BCUT2D eigenvalue weighted by Crippen LogP contribution is 2.23. The minimum Gasteiger partial charge on any atom is -0.497 e. The lowest BCUT2D eigenvalue weighted by molar-refractivity contribution is -0.120. The van der Waals surface area contributed by atoms with Gasteiger partial charge in [-0.2, -0.15) is 4.72 Å². The number of hydrogen-bond acceptors (Lipinski definition) is 5. The minimum atomic E-state index is -4.07. The zero-order valence-corrected chi connectivity index (χ0v) is 20.4. The van der Waals surface area contributed by atoms with Crippen LogP contribution in [-0.2, 0) is 21.2 Å². The molecule has 0 radical (unpaired) electrons. The Bertz CT molecular complexity index is 1400. The van der Waals surface area contributed by atoms with Crippen LogP contribution in [0.1, 0.15) is 12.5 Å². The van der Waals surface area contributed by atoms with Gasteiger partial charge in [0.05, 0.1) is 12.6 Å². The van der Waals surface area contributed by atoms with Crippen LogP contribution in [0.2, 0.25) is 0 Å². The normalized spacial score (nSPS) is 12.3. The molecule has 0 fully saturated rings. The molecule has 4 rings (SSSR count). The van der Waals surface area contributed by atoms with Crippen LogP contribution >= 0.6 is 0 Å². The van der Waals surface area contributed by atoms with Crippen LogP contribution in [0.15, 0.2) is 96.0 Å². The summed E-state index contributed by atoms with van der Waals surface area (Å²) in [7, 11) is -2.49. The Balaban J connectivity index is 1.71. The number of sulfonamides is 1. The molecular weight excluding hydrogens is 462 g/mol. The molecule has 0 spiro atoms. The molecule has 1 unspecified atom stereocenters. The lowest BCUT2D eigenvalue weighted by Crippen LogP contribution is -2.50. The molecule has 1 atom stereocenters. The zero-order chi connectivity index (χ0) is 24.8. The van der Waals surface area contributed by atoms with E-state index in [0.717, 1.165) is 5.56 Å². The van der Waals surface area contributed by atoms with Gasteiger partial charge in [0.2, 0.25) is 15.9 Å². The van der Waals surface area contributed by atoms with Crippen molar-refractivity contribution in [2.45, 2.75) is 24.3 Å². The molecule has 0 saturated carbocycles. The van der Waals surface area contributed by atoms with Gasteiger partial charge in [-0.05, 0) is 55.3 Å². The number of fused-ring (bicyclic) bond motifs is 1. The molecule has 35 heavy (non-hydrogen) atoms. The number of carbonyl (C=O) groups excluding carboxylic acids is 1. The molecule has 8 heteroatoms. The number of likely N-dealkylation sites (N-methyl/N-ethyl adjacent to an activating group) is 1. The first-order valence-electron chi connectivity index (χ1n) is 11.3. The standard InChI is InChI=1S/C27H27N3O4S/c1-3-30(22-14-16-23(34-2)17-15-22)27(31)24(19-20-9-5-4-6-10-20)29-35(32,33)25-13-7-11-21-12-8-18-28-26(21)25/h4-18,24,29H,3,19H2,1-2H3. The largest absolute Gasteiger partial charge is 0.497 e. The Morgan fingerprint density at radius 2 is 1.69 bits per heavy atom. The first-order chi connectivity index (χ1) is 16.9. The van der Waals surface area contributed by atoms with Crippen molar-refractivity contribution >= 4 is 32.5 Å². The van der Waals surface area contributed by atoms with Gasteiger partial charge in [0.15, 0.2) is 0 Å². The molecule has 7 nitrogen and oxygen atoms in total. The van der Waals surface area contributed by atoms with Crippen LogP contribution in [0.25, 0.3) is 10.9 Å². The van der Waals surface area contributed by atoms with E-state index in [-0.39, 0.29) is 17.2 Å². The lowest BCUT2D eigenvalue weighted by atomic mass is 10.1. The van der Waals surface area contributed by atoms with Crippen molar-refractivity contribution in [1.29, 1.82) is 0 Å². The number of pyridine rings is 1. The number of amides is 1. The molecule has 4 aromatic rings. The molecule has 1 heterocycles. The van der Waals surface area contributed by atoms with Crippen molar-refractivity contribution in [3.05, 3.63) is 96.7 Å². The summed E-state index contributed by atoms with van der Waals surface area (Å²) in [6.07, 6.45) is 1.75. The van der Waals surface area contributed by atoms with Crippen LogP contribution in [0.4, 0.5) is 5.69 Å². The summed E-state index contributed by atoms with van der Waals surface area (Å²) in [5.74, 6) is 0.320.